The van der Waals surface area contributed by atoms with E-state index in [4.69, 9.17) is 10.2 Å². The molecule has 0 spiro atoms. The Morgan fingerprint density at radius 1 is 0.537 bits per heavy atom. The van der Waals surface area contributed by atoms with Gasteiger partial charge in [-0.05, 0) is 89.1 Å². The van der Waals surface area contributed by atoms with Crippen LogP contribution in [0.25, 0.3) is 0 Å². The first-order valence-corrected chi connectivity index (χ1v) is 12.7. The SMILES string of the molecule is C.C.C.C.C.C.CCC(C)(C)c1ccc(O)cc1.CCC(C)(C)c1cccc(O)c1.CCC(C)c1ccc(O)cc1. The number of aromatic hydroxyl groups is 3. The van der Waals surface area contributed by atoms with Crippen molar-refractivity contribution in [3.05, 3.63) is 89.5 Å². The Morgan fingerprint density at radius 2 is 0.927 bits per heavy atom. The Bertz CT molecular complexity index is 987. The van der Waals surface area contributed by atoms with Gasteiger partial charge in [0.05, 0.1) is 0 Å². The molecule has 0 amide bonds. The van der Waals surface area contributed by atoms with Crippen LogP contribution in [0.1, 0.15) is 142 Å². The molecule has 41 heavy (non-hydrogen) atoms. The Hall–Kier alpha value is -2.94. The van der Waals surface area contributed by atoms with Gasteiger partial charge in [0.15, 0.2) is 0 Å². The molecule has 3 aromatic rings. The number of hydrogen-bond donors (Lipinski definition) is 3. The zero-order chi connectivity index (χ0) is 26.6. The molecule has 0 aliphatic carbocycles. The average Bonchev–Trinajstić information content (AvgIpc) is 2.85. The molecule has 3 heteroatoms. The van der Waals surface area contributed by atoms with Gasteiger partial charge in [-0.2, -0.15) is 0 Å². The molecule has 0 bridgehead atoms. The standard InChI is InChI=1S/2C11H16O.C10H14O.6CH4/c1-4-11(2,3)9-5-7-10(12)8-6-9;1-4-11(2,3)9-6-5-7-10(12)8-9;1-3-8(2)9-4-6-10(11)7-5-9;;;;;;/h2*5-8,12H,4H2,1-3H3;4-8,11H,3H2,1-2H3;6*1H4. The normalized spacial score (nSPS) is 10.2. The van der Waals surface area contributed by atoms with E-state index in [0.717, 1.165) is 19.3 Å². The Balaban J connectivity index is -0.000000104. The van der Waals surface area contributed by atoms with E-state index in [9.17, 15) is 5.11 Å². The summed E-state index contributed by atoms with van der Waals surface area (Å²) in [5, 5.41) is 27.4. The van der Waals surface area contributed by atoms with Crippen molar-refractivity contribution in [2.75, 3.05) is 0 Å². The molecule has 0 saturated heterocycles. The van der Waals surface area contributed by atoms with Gasteiger partial charge in [-0.3, -0.25) is 0 Å². The van der Waals surface area contributed by atoms with Crippen LogP contribution in [0.2, 0.25) is 0 Å². The lowest BCUT2D eigenvalue weighted by Gasteiger charge is -2.23. The third-order valence-electron chi connectivity index (χ3n) is 7.12. The molecule has 1 atom stereocenters. The first kappa shape index (κ1) is 50.9. The Kier molecular flexibility index (Phi) is 29.4. The van der Waals surface area contributed by atoms with Crippen molar-refractivity contribution in [2.45, 2.75) is 136 Å². The van der Waals surface area contributed by atoms with Gasteiger partial charge in [0.25, 0.3) is 0 Å². The van der Waals surface area contributed by atoms with Crippen molar-refractivity contribution in [3.63, 3.8) is 0 Å². The summed E-state index contributed by atoms with van der Waals surface area (Å²) in [4.78, 5) is 0. The van der Waals surface area contributed by atoms with E-state index in [-0.39, 0.29) is 55.4 Å². The van der Waals surface area contributed by atoms with Gasteiger partial charge in [0.2, 0.25) is 0 Å². The summed E-state index contributed by atoms with van der Waals surface area (Å²) in [6, 6.07) is 22.4. The van der Waals surface area contributed by atoms with Crippen molar-refractivity contribution in [1.82, 2.24) is 0 Å². The third kappa shape index (κ3) is 17.5. The van der Waals surface area contributed by atoms with E-state index in [0.29, 0.717) is 23.2 Å². The van der Waals surface area contributed by atoms with Gasteiger partial charge in [0, 0.05) is 0 Å². The van der Waals surface area contributed by atoms with Gasteiger partial charge in [0.1, 0.15) is 17.2 Å². The molecule has 240 valence electrons. The first-order valence-electron chi connectivity index (χ1n) is 12.7. The fourth-order valence-corrected chi connectivity index (χ4v) is 3.29. The molecule has 3 rings (SSSR count). The van der Waals surface area contributed by atoms with Gasteiger partial charge in [-0.1, -0.05) is 136 Å². The highest BCUT2D eigenvalue weighted by Gasteiger charge is 2.18. The number of rotatable bonds is 6. The zero-order valence-electron chi connectivity index (χ0n) is 23.0. The van der Waals surface area contributed by atoms with Crippen molar-refractivity contribution in [3.8, 4) is 17.2 Å². The summed E-state index contributed by atoms with van der Waals surface area (Å²) in [5.41, 5.74) is 4.16. The topological polar surface area (TPSA) is 60.7 Å². The quantitative estimate of drug-likeness (QED) is 0.274. The molecule has 3 aromatic carbocycles. The molecular formula is C38H70O3. The number of benzene rings is 3. The highest BCUT2D eigenvalue weighted by molar-refractivity contribution is 5.32. The lowest BCUT2D eigenvalue weighted by molar-refractivity contribution is 0.464. The number of phenolic OH excluding ortho intramolecular Hbond substituents is 3. The summed E-state index contributed by atoms with van der Waals surface area (Å²) in [5.74, 6) is 1.63. The summed E-state index contributed by atoms with van der Waals surface area (Å²) in [6.45, 7) is 17.5. The number of phenols is 3. The predicted molar refractivity (Wildman–Crippen MR) is 190 cm³/mol. The van der Waals surface area contributed by atoms with Crippen molar-refractivity contribution in [1.29, 1.82) is 0 Å². The molecule has 0 aliphatic rings. The third-order valence-corrected chi connectivity index (χ3v) is 7.12. The maximum atomic E-state index is 9.27. The van der Waals surface area contributed by atoms with E-state index in [1.165, 1.54) is 16.7 Å². The molecule has 1 unspecified atom stereocenters. The molecule has 3 N–H and O–H groups in total. The van der Waals surface area contributed by atoms with Crippen molar-refractivity contribution < 1.29 is 15.3 Å². The van der Waals surface area contributed by atoms with Crippen LogP contribution in [0.4, 0.5) is 0 Å². The van der Waals surface area contributed by atoms with E-state index < -0.39 is 0 Å². The second-order valence-electron chi connectivity index (χ2n) is 10.5. The lowest BCUT2D eigenvalue weighted by Crippen LogP contribution is -2.14. The first-order chi connectivity index (χ1) is 16.4. The van der Waals surface area contributed by atoms with Crippen LogP contribution in [-0.4, -0.2) is 15.3 Å². The fourth-order valence-electron chi connectivity index (χ4n) is 3.29. The Labute approximate surface area is 257 Å². The highest BCUT2D eigenvalue weighted by Crippen LogP contribution is 2.29. The van der Waals surface area contributed by atoms with E-state index >= 15 is 0 Å². The van der Waals surface area contributed by atoms with Crippen LogP contribution >= 0.6 is 0 Å². The van der Waals surface area contributed by atoms with Crippen LogP contribution in [0.3, 0.4) is 0 Å². The average molecular weight is 575 g/mol. The molecular weight excluding hydrogens is 504 g/mol. The van der Waals surface area contributed by atoms with Gasteiger partial charge < -0.3 is 15.3 Å². The second kappa shape index (κ2) is 23.7. The van der Waals surface area contributed by atoms with Gasteiger partial charge in [-0.15, -0.1) is 0 Å². The van der Waals surface area contributed by atoms with Crippen LogP contribution < -0.4 is 0 Å². The summed E-state index contributed by atoms with van der Waals surface area (Å²) in [6.07, 6.45) is 3.33. The minimum atomic E-state index is 0. The van der Waals surface area contributed by atoms with Crippen LogP contribution in [0, 0.1) is 0 Å². The fraction of sp³-hybridized carbons (Fsp3) is 0.526. The number of hydrogen-bond acceptors (Lipinski definition) is 3. The lowest BCUT2D eigenvalue weighted by atomic mass is 9.82. The molecule has 0 aromatic heterocycles. The largest absolute Gasteiger partial charge is 0.508 e. The van der Waals surface area contributed by atoms with Gasteiger partial charge in [-0.25, -0.2) is 0 Å². The summed E-state index contributed by atoms with van der Waals surface area (Å²) in [7, 11) is 0. The smallest absolute Gasteiger partial charge is 0.115 e. The van der Waals surface area contributed by atoms with E-state index in [2.05, 4.69) is 61.5 Å². The highest BCUT2D eigenvalue weighted by atomic mass is 16.3. The minimum absolute atomic E-state index is 0. The zero-order valence-corrected chi connectivity index (χ0v) is 23.0. The monoisotopic (exact) mass is 575 g/mol. The maximum Gasteiger partial charge on any atom is 0.115 e. The second-order valence-corrected chi connectivity index (χ2v) is 10.5. The predicted octanol–water partition coefficient (Wildman–Crippen LogP) is 12.9. The molecule has 0 aliphatic heterocycles. The van der Waals surface area contributed by atoms with Crippen molar-refractivity contribution in [2.24, 2.45) is 0 Å². The van der Waals surface area contributed by atoms with E-state index in [1.54, 1.807) is 30.3 Å². The minimum Gasteiger partial charge on any atom is -0.508 e. The van der Waals surface area contributed by atoms with Crippen LogP contribution in [0.5, 0.6) is 17.2 Å². The molecule has 0 radical (unpaired) electrons. The molecule has 0 fully saturated rings. The van der Waals surface area contributed by atoms with Crippen molar-refractivity contribution >= 4 is 0 Å². The molecule has 0 saturated carbocycles. The maximum absolute atomic E-state index is 9.27. The Morgan fingerprint density at radius 3 is 1.29 bits per heavy atom. The molecule has 0 heterocycles. The van der Waals surface area contributed by atoms with Crippen LogP contribution in [-0.2, 0) is 10.8 Å². The van der Waals surface area contributed by atoms with E-state index in [1.807, 2.05) is 36.4 Å². The summed E-state index contributed by atoms with van der Waals surface area (Å²) < 4.78 is 0. The molecule has 3 nitrogen and oxygen atoms in total. The van der Waals surface area contributed by atoms with Crippen LogP contribution in [0.15, 0.2) is 72.8 Å². The van der Waals surface area contributed by atoms with Gasteiger partial charge >= 0.3 is 0 Å². The summed E-state index contributed by atoms with van der Waals surface area (Å²) >= 11 is 0.